The molecule has 0 saturated heterocycles. The lowest BCUT2D eigenvalue weighted by molar-refractivity contribution is -0.164. The van der Waals surface area contributed by atoms with Crippen LogP contribution in [0.25, 0.3) is 0 Å². The van der Waals surface area contributed by atoms with Crippen molar-refractivity contribution < 1.29 is 32.1 Å². The number of amides is 1. The molecule has 0 aliphatic heterocycles. The number of rotatable bonds is 16. The summed E-state index contributed by atoms with van der Waals surface area (Å²) in [6.45, 7) is 16.5. The molecule has 3 aromatic carbocycles. The third-order valence-corrected chi connectivity index (χ3v) is 10.3. The summed E-state index contributed by atoms with van der Waals surface area (Å²) in [5, 5.41) is 2.94. The van der Waals surface area contributed by atoms with Crippen LogP contribution in [0.3, 0.4) is 0 Å². The van der Waals surface area contributed by atoms with E-state index in [1.54, 1.807) is 0 Å². The normalized spacial score (nSPS) is 14.4. The molecule has 3 aromatic rings. The van der Waals surface area contributed by atoms with Gasteiger partial charge in [-0.15, -0.1) is 0 Å². The van der Waals surface area contributed by atoms with Crippen molar-refractivity contribution in [1.29, 1.82) is 0 Å². The number of nitrogens with one attached hydrogen (secondary N) is 1. The second kappa shape index (κ2) is 17.5. The Kier molecular flexibility index (Phi) is 14.3. The van der Waals surface area contributed by atoms with Gasteiger partial charge in [0.15, 0.2) is 5.78 Å². The number of nitrogens with two attached hydrogens (primary N) is 1. The Morgan fingerprint density at radius 2 is 1.00 bits per heavy atom. The van der Waals surface area contributed by atoms with Crippen molar-refractivity contribution in [3.05, 3.63) is 108 Å². The SMILES string of the molecule is CC(C)(C)O[Si](OC(=O)[C@H](Cc1ccccc1)NC(=O)[C@@H](CC(=O)[C@@H](N)Cc1ccccc1)Cc1ccccc1)(OC(C)(C)C)OC(C)(C)C. The van der Waals surface area contributed by atoms with Crippen LogP contribution >= 0.6 is 0 Å². The third kappa shape index (κ3) is 14.7. The summed E-state index contributed by atoms with van der Waals surface area (Å²) < 4.78 is 25.4. The molecule has 3 N–H and O–H groups in total. The minimum atomic E-state index is -4.23. The molecule has 0 aromatic heterocycles. The number of benzene rings is 3. The molecule has 0 spiro atoms. The van der Waals surface area contributed by atoms with Crippen molar-refractivity contribution in [1.82, 2.24) is 5.32 Å². The highest BCUT2D eigenvalue weighted by Crippen LogP contribution is 2.30. The number of hydrogen-bond acceptors (Lipinski definition) is 8. The maximum atomic E-state index is 14.3. The van der Waals surface area contributed by atoms with E-state index >= 15 is 0 Å². The molecule has 272 valence electrons. The van der Waals surface area contributed by atoms with Crippen LogP contribution in [0.1, 0.15) is 85.4 Å². The van der Waals surface area contributed by atoms with Gasteiger partial charge in [-0.3, -0.25) is 14.4 Å². The Balaban J connectivity index is 1.97. The highest BCUT2D eigenvalue weighted by molar-refractivity contribution is 6.56. The molecule has 0 aliphatic rings. The van der Waals surface area contributed by atoms with Gasteiger partial charge >= 0.3 is 15.0 Å². The summed E-state index contributed by atoms with van der Waals surface area (Å²) in [6, 6.07) is 26.4. The van der Waals surface area contributed by atoms with Gasteiger partial charge in [0.2, 0.25) is 5.91 Å². The standard InChI is InChI=1S/C40H56N2O7Si/c1-38(2,3)47-50(48-39(4,5)6,49-40(7,8)9)46-37(45)34(27-31-23-17-12-18-24-31)42-36(44)32(25-29-19-13-10-14-20-29)28-35(43)33(41)26-30-21-15-11-16-22-30/h10-24,32-34H,25-28,41H2,1-9H3,(H,42,44)/t32-,33+,34+/m1/s1. The molecule has 0 bridgehead atoms. The van der Waals surface area contributed by atoms with E-state index in [1.165, 1.54) is 0 Å². The Morgan fingerprint density at radius 3 is 1.40 bits per heavy atom. The number of hydrogen-bond donors (Lipinski definition) is 2. The lowest BCUT2D eigenvalue weighted by Gasteiger charge is -2.40. The zero-order valence-electron chi connectivity index (χ0n) is 31.2. The molecule has 0 radical (unpaired) electrons. The first-order chi connectivity index (χ1) is 23.2. The van der Waals surface area contributed by atoms with Crippen LogP contribution < -0.4 is 11.1 Å². The molecule has 50 heavy (non-hydrogen) atoms. The van der Waals surface area contributed by atoms with Crippen LogP contribution in [-0.4, -0.2) is 55.6 Å². The first-order valence-electron chi connectivity index (χ1n) is 17.3. The van der Waals surface area contributed by atoms with E-state index in [2.05, 4.69) is 5.32 Å². The molecule has 0 heterocycles. The van der Waals surface area contributed by atoms with Crippen molar-refractivity contribution in [3.8, 4) is 0 Å². The van der Waals surface area contributed by atoms with E-state index < -0.39 is 55.7 Å². The van der Waals surface area contributed by atoms with Gasteiger partial charge in [0.1, 0.15) is 6.04 Å². The summed E-state index contributed by atoms with van der Waals surface area (Å²) in [6.07, 6.45) is 0.643. The van der Waals surface area contributed by atoms with Gasteiger partial charge in [-0.05, 0) is 91.8 Å². The molecular formula is C40H56N2O7Si. The summed E-state index contributed by atoms with van der Waals surface area (Å²) in [7, 11) is -4.23. The number of carbonyl (C=O) groups excluding carboxylic acids is 3. The van der Waals surface area contributed by atoms with Crippen molar-refractivity contribution in [2.24, 2.45) is 11.7 Å². The van der Waals surface area contributed by atoms with Crippen molar-refractivity contribution in [2.45, 2.75) is 117 Å². The van der Waals surface area contributed by atoms with E-state index in [-0.39, 0.29) is 25.0 Å². The fourth-order valence-corrected chi connectivity index (χ4v) is 8.20. The molecule has 0 unspecified atom stereocenters. The van der Waals surface area contributed by atoms with E-state index in [0.717, 1.165) is 16.7 Å². The lowest BCUT2D eigenvalue weighted by atomic mass is 9.89. The zero-order valence-corrected chi connectivity index (χ0v) is 32.2. The summed E-state index contributed by atoms with van der Waals surface area (Å²) in [5.41, 5.74) is 6.57. The summed E-state index contributed by atoms with van der Waals surface area (Å²) >= 11 is 0. The van der Waals surface area contributed by atoms with Crippen LogP contribution in [0, 0.1) is 5.92 Å². The monoisotopic (exact) mass is 704 g/mol. The Hall–Kier alpha value is -3.67. The van der Waals surface area contributed by atoms with Gasteiger partial charge in [-0.25, -0.2) is 0 Å². The minimum absolute atomic E-state index is 0.103. The highest BCUT2D eigenvalue weighted by atomic mass is 28.4. The molecule has 0 saturated carbocycles. The molecule has 0 aliphatic carbocycles. The Bertz CT molecular complexity index is 1470. The van der Waals surface area contributed by atoms with E-state index in [4.69, 9.17) is 23.4 Å². The third-order valence-electron chi connectivity index (χ3n) is 7.26. The average Bonchev–Trinajstić information content (AvgIpc) is 2.99. The minimum Gasteiger partial charge on any atom is -0.450 e. The predicted molar refractivity (Wildman–Crippen MR) is 198 cm³/mol. The van der Waals surface area contributed by atoms with Gasteiger partial charge in [-0.2, -0.15) is 0 Å². The fourth-order valence-electron chi connectivity index (χ4n) is 5.31. The van der Waals surface area contributed by atoms with E-state index in [0.29, 0.717) is 6.42 Å². The lowest BCUT2D eigenvalue weighted by Crippen LogP contribution is -2.62. The topological polar surface area (TPSA) is 126 Å². The summed E-state index contributed by atoms with van der Waals surface area (Å²) in [5.74, 6) is -2.28. The van der Waals surface area contributed by atoms with Gasteiger partial charge < -0.3 is 28.8 Å². The van der Waals surface area contributed by atoms with Crippen LogP contribution in [0.4, 0.5) is 0 Å². The number of ketones is 1. The molecule has 0 fully saturated rings. The van der Waals surface area contributed by atoms with Crippen LogP contribution in [-0.2, 0) is 51.4 Å². The Labute approximate surface area is 299 Å². The van der Waals surface area contributed by atoms with Gasteiger partial charge in [-0.1, -0.05) is 91.0 Å². The van der Waals surface area contributed by atoms with Gasteiger partial charge in [0.05, 0.1) is 22.8 Å². The van der Waals surface area contributed by atoms with Gasteiger partial charge in [0.25, 0.3) is 0 Å². The van der Waals surface area contributed by atoms with Crippen LogP contribution in [0.5, 0.6) is 0 Å². The highest BCUT2D eigenvalue weighted by Gasteiger charge is 2.58. The largest absolute Gasteiger partial charge is 0.752 e. The quantitative estimate of drug-likeness (QED) is 0.161. The second-order valence-electron chi connectivity index (χ2n) is 15.7. The van der Waals surface area contributed by atoms with Crippen molar-refractivity contribution in [2.75, 3.05) is 0 Å². The van der Waals surface area contributed by atoms with Crippen molar-refractivity contribution >= 4 is 26.7 Å². The molecule has 3 atom stereocenters. The molecule has 9 nitrogen and oxygen atoms in total. The summed E-state index contributed by atoms with van der Waals surface area (Å²) in [4.78, 5) is 42.1. The van der Waals surface area contributed by atoms with Crippen LogP contribution in [0.15, 0.2) is 91.0 Å². The van der Waals surface area contributed by atoms with E-state index in [1.807, 2.05) is 153 Å². The average molecular weight is 705 g/mol. The maximum absolute atomic E-state index is 14.3. The smallest absolute Gasteiger partial charge is 0.450 e. The second-order valence-corrected chi connectivity index (χ2v) is 17.5. The number of carbonyl (C=O) groups is 3. The molecule has 3 rings (SSSR count). The van der Waals surface area contributed by atoms with Gasteiger partial charge in [0, 0.05) is 18.8 Å². The van der Waals surface area contributed by atoms with Crippen molar-refractivity contribution in [3.63, 3.8) is 0 Å². The van der Waals surface area contributed by atoms with Crippen LogP contribution in [0.2, 0.25) is 0 Å². The predicted octanol–water partition coefficient (Wildman–Crippen LogP) is 6.53. The number of Topliss-reactive ketones (excluding diaryl/α,β-unsaturated/α-hetero) is 1. The Morgan fingerprint density at radius 1 is 0.620 bits per heavy atom. The van der Waals surface area contributed by atoms with E-state index in [9.17, 15) is 14.4 Å². The molecular weight excluding hydrogens is 649 g/mol. The first kappa shape index (κ1) is 40.8. The molecule has 10 heteroatoms. The first-order valence-corrected chi connectivity index (χ1v) is 18.9. The maximum Gasteiger partial charge on any atom is 0.752 e. The fraction of sp³-hybridized carbons (Fsp3) is 0.475. The zero-order chi connectivity index (χ0) is 37.2. The molecule has 1 amide bonds.